The summed E-state index contributed by atoms with van der Waals surface area (Å²) in [6.07, 6.45) is 9.87. The number of hydrogen-bond acceptors (Lipinski definition) is 2. The highest BCUT2D eigenvalue weighted by Crippen LogP contribution is 2.52. The maximum Gasteiger partial charge on any atom is 0.0490 e. The molecule has 0 heterocycles. The van der Waals surface area contributed by atoms with Gasteiger partial charge in [0.2, 0.25) is 0 Å². The Morgan fingerprint density at radius 2 is 2.00 bits per heavy atom. The molecule has 0 spiro atoms. The fourth-order valence-electron chi connectivity index (χ4n) is 4.92. The number of fused-ring (bicyclic) bond motifs is 2. The van der Waals surface area contributed by atoms with Crippen LogP contribution in [-0.4, -0.2) is 0 Å². The molecule has 0 aliphatic heterocycles. The molecule has 20 heavy (non-hydrogen) atoms. The molecule has 108 valence electrons. The average Bonchev–Trinajstić information content (AvgIpc) is 3.01. The van der Waals surface area contributed by atoms with Crippen LogP contribution in [0.1, 0.15) is 68.0 Å². The monoisotopic (exact) mass is 270 g/mol. The van der Waals surface area contributed by atoms with E-state index in [1.54, 1.807) is 0 Å². The van der Waals surface area contributed by atoms with Crippen LogP contribution in [0.25, 0.3) is 0 Å². The number of hydrogen-bond donors (Lipinski definition) is 2. The van der Waals surface area contributed by atoms with E-state index < -0.39 is 0 Å². The second kappa shape index (κ2) is 5.16. The molecule has 1 aromatic carbocycles. The van der Waals surface area contributed by atoms with Crippen molar-refractivity contribution in [2.45, 2.75) is 56.9 Å². The molecule has 3 N–H and O–H groups in total. The lowest BCUT2D eigenvalue weighted by Crippen LogP contribution is -2.36. The summed E-state index contributed by atoms with van der Waals surface area (Å²) < 4.78 is 0. The lowest BCUT2D eigenvalue weighted by molar-refractivity contribution is 0.252. The molecule has 2 nitrogen and oxygen atoms in total. The van der Waals surface area contributed by atoms with Gasteiger partial charge in [0.15, 0.2) is 0 Å². The van der Waals surface area contributed by atoms with E-state index >= 15 is 0 Å². The first-order valence-corrected chi connectivity index (χ1v) is 8.41. The predicted octanol–water partition coefficient (Wildman–Crippen LogP) is 3.89. The van der Waals surface area contributed by atoms with Crippen molar-refractivity contribution in [1.82, 2.24) is 5.43 Å². The van der Waals surface area contributed by atoms with Gasteiger partial charge in [-0.3, -0.25) is 11.3 Å². The van der Waals surface area contributed by atoms with Crippen LogP contribution in [0.2, 0.25) is 0 Å². The summed E-state index contributed by atoms with van der Waals surface area (Å²) >= 11 is 0. The molecule has 0 aromatic heterocycles. The van der Waals surface area contributed by atoms with Crippen molar-refractivity contribution in [3.8, 4) is 0 Å². The van der Waals surface area contributed by atoms with E-state index in [1.165, 1.54) is 56.1 Å². The number of nitrogens with two attached hydrogens (primary N) is 1. The molecule has 3 aliphatic carbocycles. The molecule has 4 atom stereocenters. The van der Waals surface area contributed by atoms with Crippen molar-refractivity contribution in [2.24, 2.45) is 23.6 Å². The van der Waals surface area contributed by atoms with E-state index in [2.05, 4.69) is 29.7 Å². The molecule has 2 bridgehead atoms. The van der Waals surface area contributed by atoms with Crippen molar-refractivity contribution in [1.29, 1.82) is 0 Å². The van der Waals surface area contributed by atoms with E-state index in [1.807, 2.05) is 0 Å². The molecular weight excluding hydrogens is 244 g/mol. The fourth-order valence-corrected chi connectivity index (χ4v) is 4.92. The van der Waals surface area contributed by atoms with Gasteiger partial charge >= 0.3 is 0 Å². The quantitative estimate of drug-likeness (QED) is 0.643. The zero-order chi connectivity index (χ0) is 13.5. The SMILES string of the molecule is NNC(c1cccc(C2CCC2)c1)C1CC2CCC1C2. The summed E-state index contributed by atoms with van der Waals surface area (Å²) in [6, 6.07) is 9.62. The molecule has 3 saturated carbocycles. The number of rotatable bonds is 4. The van der Waals surface area contributed by atoms with Gasteiger partial charge in [0.05, 0.1) is 0 Å². The van der Waals surface area contributed by atoms with Crippen LogP contribution in [0.5, 0.6) is 0 Å². The third kappa shape index (κ3) is 2.10. The molecule has 3 aliphatic rings. The van der Waals surface area contributed by atoms with Crippen LogP contribution in [-0.2, 0) is 0 Å². The van der Waals surface area contributed by atoms with Gasteiger partial charge in [0, 0.05) is 6.04 Å². The third-order valence-corrected chi connectivity index (χ3v) is 6.25. The van der Waals surface area contributed by atoms with Crippen molar-refractivity contribution in [3.63, 3.8) is 0 Å². The summed E-state index contributed by atoms with van der Waals surface area (Å²) in [5.41, 5.74) is 6.11. The zero-order valence-electron chi connectivity index (χ0n) is 12.2. The minimum absolute atomic E-state index is 0.366. The Kier molecular flexibility index (Phi) is 3.31. The van der Waals surface area contributed by atoms with Gasteiger partial charge in [-0.25, -0.2) is 0 Å². The van der Waals surface area contributed by atoms with E-state index in [-0.39, 0.29) is 0 Å². The van der Waals surface area contributed by atoms with Gasteiger partial charge in [0.1, 0.15) is 0 Å². The lowest BCUT2D eigenvalue weighted by Gasteiger charge is -2.32. The Morgan fingerprint density at radius 3 is 2.60 bits per heavy atom. The summed E-state index contributed by atoms with van der Waals surface area (Å²) in [5, 5.41) is 0. The average molecular weight is 270 g/mol. The van der Waals surface area contributed by atoms with E-state index in [9.17, 15) is 0 Å². The van der Waals surface area contributed by atoms with Gasteiger partial charge in [-0.2, -0.15) is 0 Å². The number of hydrazine groups is 1. The minimum atomic E-state index is 0.366. The first-order valence-electron chi connectivity index (χ1n) is 8.41. The van der Waals surface area contributed by atoms with Crippen molar-refractivity contribution in [2.75, 3.05) is 0 Å². The van der Waals surface area contributed by atoms with Gasteiger partial charge in [-0.1, -0.05) is 37.1 Å². The van der Waals surface area contributed by atoms with E-state index in [4.69, 9.17) is 5.84 Å². The van der Waals surface area contributed by atoms with Gasteiger partial charge in [0.25, 0.3) is 0 Å². The van der Waals surface area contributed by atoms with Gasteiger partial charge in [-0.05, 0) is 66.9 Å². The lowest BCUT2D eigenvalue weighted by atomic mass is 9.77. The Balaban J connectivity index is 1.57. The van der Waals surface area contributed by atoms with Crippen molar-refractivity contribution in [3.05, 3.63) is 35.4 Å². The highest BCUT2D eigenvalue weighted by atomic mass is 15.2. The van der Waals surface area contributed by atoms with Gasteiger partial charge in [-0.15, -0.1) is 0 Å². The standard InChI is InChI=1S/C18H26N2/c19-20-18(17-10-12-7-8-15(17)9-12)16-6-2-5-14(11-16)13-3-1-4-13/h2,5-6,11-13,15,17-18,20H,1,3-4,7-10,19H2. The topological polar surface area (TPSA) is 38.0 Å². The first kappa shape index (κ1) is 12.8. The highest BCUT2D eigenvalue weighted by Gasteiger charge is 2.43. The molecule has 0 amide bonds. The van der Waals surface area contributed by atoms with Crippen LogP contribution in [0.15, 0.2) is 24.3 Å². The molecule has 1 aromatic rings. The van der Waals surface area contributed by atoms with Crippen LogP contribution in [0, 0.1) is 17.8 Å². The van der Waals surface area contributed by atoms with E-state index in [0.29, 0.717) is 6.04 Å². The van der Waals surface area contributed by atoms with Crippen molar-refractivity contribution < 1.29 is 0 Å². The normalized spacial score (nSPS) is 34.1. The highest BCUT2D eigenvalue weighted by molar-refractivity contribution is 5.30. The minimum Gasteiger partial charge on any atom is -0.271 e. The molecular formula is C18H26N2. The number of benzene rings is 1. The Hall–Kier alpha value is -0.860. The largest absolute Gasteiger partial charge is 0.271 e. The third-order valence-electron chi connectivity index (χ3n) is 6.25. The second-order valence-corrected chi connectivity index (χ2v) is 7.28. The van der Waals surface area contributed by atoms with E-state index in [0.717, 1.165) is 23.7 Å². The molecule has 4 rings (SSSR count). The molecule has 0 saturated heterocycles. The van der Waals surface area contributed by atoms with Gasteiger partial charge < -0.3 is 0 Å². The molecule has 0 radical (unpaired) electrons. The van der Waals surface area contributed by atoms with Crippen LogP contribution >= 0.6 is 0 Å². The van der Waals surface area contributed by atoms with Crippen LogP contribution < -0.4 is 11.3 Å². The second-order valence-electron chi connectivity index (χ2n) is 7.28. The Bertz CT molecular complexity index is 480. The molecule has 3 fully saturated rings. The Morgan fingerprint density at radius 1 is 1.10 bits per heavy atom. The maximum absolute atomic E-state index is 5.94. The van der Waals surface area contributed by atoms with Crippen LogP contribution in [0.4, 0.5) is 0 Å². The fraction of sp³-hybridized carbons (Fsp3) is 0.667. The smallest absolute Gasteiger partial charge is 0.0490 e. The summed E-state index contributed by atoms with van der Waals surface area (Å²) in [5.74, 6) is 9.40. The predicted molar refractivity (Wildman–Crippen MR) is 82.0 cm³/mol. The molecule has 2 heteroatoms. The van der Waals surface area contributed by atoms with Crippen LogP contribution in [0.3, 0.4) is 0 Å². The van der Waals surface area contributed by atoms with Crippen molar-refractivity contribution >= 4 is 0 Å². The summed E-state index contributed by atoms with van der Waals surface area (Å²) in [6.45, 7) is 0. The summed E-state index contributed by atoms with van der Waals surface area (Å²) in [4.78, 5) is 0. The first-order chi connectivity index (χ1) is 9.85. The number of nitrogens with one attached hydrogen (secondary N) is 1. The Labute approximate surface area is 122 Å². The summed E-state index contributed by atoms with van der Waals surface area (Å²) in [7, 11) is 0. The maximum atomic E-state index is 5.94. The molecule has 4 unspecified atom stereocenters. The zero-order valence-corrected chi connectivity index (χ0v) is 12.2.